The molecule has 1 saturated carbocycles. The highest BCUT2D eigenvalue weighted by Gasteiger charge is 2.42. The molecule has 0 bridgehead atoms. The second-order valence-corrected chi connectivity index (χ2v) is 6.38. The number of hydrogen-bond donors (Lipinski definition) is 1. The van der Waals surface area contributed by atoms with Gasteiger partial charge in [-0.25, -0.2) is 0 Å². The second-order valence-electron chi connectivity index (χ2n) is 5.94. The average molecular weight is 306 g/mol. The zero-order valence-electron chi connectivity index (χ0n) is 12.4. The van der Waals surface area contributed by atoms with Gasteiger partial charge in [0.2, 0.25) is 5.91 Å². The quantitative estimate of drug-likeness (QED) is 0.879. The van der Waals surface area contributed by atoms with E-state index in [9.17, 15) is 10.1 Å². The number of nitrogens with one attached hydrogen (secondary N) is 1. The fourth-order valence-electron chi connectivity index (χ4n) is 2.46. The molecule has 112 valence electrons. The van der Waals surface area contributed by atoms with Crippen LogP contribution in [0.3, 0.4) is 0 Å². The van der Waals surface area contributed by atoms with Crippen LogP contribution in [0.25, 0.3) is 0 Å². The number of likely N-dealkylation sites (N-methyl/N-ethyl adjacent to an activating group) is 1. The zero-order chi connectivity index (χ0) is 15.5. The molecule has 1 fully saturated rings. The van der Waals surface area contributed by atoms with E-state index in [0.29, 0.717) is 17.5 Å². The lowest BCUT2D eigenvalue weighted by atomic mass is 9.98. The van der Waals surface area contributed by atoms with Crippen molar-refractivity contribution in [2.75, 3.05) is 13.6 Å². The van der Waals surface area contributed by atoms with Crippen LogP contribution in [0.1, 0.15) is 25.3 Å². The van der Waals surface area contributed by atoms with Gasteiger partial charge < -0.3 is 5.32 Å². The third-order valence-electron chi connectivity index (χ3n) is 3.78. The van der Waals surface area contributed by atoms with E-state index in [-0.39, 0.29) is 12.5 Å². The van der Waals surface area contributed by atoms with Gasteiger partial charge in [-0.2, -0.15) is 5.26 Å². The van der Waals surface area contributed by atoms with Crippen molar-refractivity contribution in [1.29, 1.82) is 5.26 Å². The molecular formula is C16H20ClN3O. The van der Waals surface area contributed by atoms with Gasteiger partial charge in [0.25, 0.3) is 0 Å². The Kier molecular flexibility index (Phi) is 4.87. The van der Waals surface area contributed by atoms with Crippen molar-refractivity contribution in [1.82, 2.24) is 10.2 Å². The Balaban J connectivity index is 1.86. The molecule has 5 heteroatoms. The van der Waals surface area contributed by atoms with E-state index >= 15 is 0 Å². The summed E-state index contributed by atoms with van der Waals surface area (Å²) in [6.07, 6.45) is 2.03. The number of carbonyl (C=O) groups is 1. The van der Waals surface area contributed by atoms with Crippen molar-refractivity contribution in [2.45, 2.75) is 31.8 Å². The summed E-state index contributed by atoms with van der Waals surface area (Å²) in [5, 5.41) is 12.8. The van der Waals surface area contributed by atoms with Crippen molar-refractivity contribution in [3.63, 3.8) is 0 Å². The maximum absolute atomic E-state index is 12.1. The van der Waals surface area contributed by atoms with E-state index in [1.165, 1.54) is 0 Å². The second kappa shape index (κ2) is 6.46. The van der Waals surface area contributed by atoms with Crippen molar-refractivity contribution < 1.29 is 4.79 Å². The zero-order valence-corrected chi connectivity index (χ0v) is 13.2. The minimum atomic E-state index is -0.728. The molecule has 1 aliphatic rings. The van der Waals surface area contributed by atoms with Crippen LogP contribution in [0.5, 0.6) is 0 Å². The number of nitriles is 1. The fraction of sp³-hybridized carbons (Fsp3) is 0.500. The molecule has 0 saturated heterocycles. The Morgan fingerprint density at radius 2 is 2.29 bits per heavy atom. The fourth-order valence-corrected chi connectivity index (χ4v) is 2.67. The van der Waals surface area contributed by atoms with Crippen LogP contribution in [0.15, 0.2) is 24.3 Å². The van der Waals surface area contributed by atoms with E-state index in [4.69, 9.17) is 11.6 Å². The third kappa shape index (κ3) is 4.45. The predicted molar refractivity (Wildman–Crippen MR) is 82.7 cm³/mol. The first-order valence-electron chi connectivity index (χ1n) is 7.08. The van der Waals surface area contributed by atoms with Crippen molar-refractivity contribution >= 4 is 17.5 Å². The largest absolute Gasteiger partial charge is 0.337 e. The van der Waals surface area contributed by atoms with Crippen molar-refractivity contribution in [2.24, 2.45) is 5.92 Å². The van der Waals surface area contributed by atoms with Crippen LogP contribution in [0, 0.1) is 17.2 Å². The van der Waals surface area contributed by atoms with Gasteiger partial charge >= 0.3 is 0 Å². The average Bonchev–Trinajstić information content (AvgIpc) is 3.22. The monoisotopic (exact) mass is 305 g/mol. The summed E-state index contributed by atoms with van der Waals surface area (Å²) >= 11 is 5.95. The van der Waals surface area contributed by atoms with E-state index in [1.54, 1.807) is 6.92 Å². The van der Waals surface area contributed by atoms with Gasteiger partial charge in [-0.1, -0.05) is 23.7 Å². The molecule has 0 heterocycles. The van der Waals surface area contributed by atoms with Crippen LogP contribution in [-0.2, 0) is 11.3 Å². The number of amides is 1. The number of benzene rings is 1. The molecule has 1 atom stereocenters. The van der Waals surface area contributed by atoms with Crippen LogP contribution in [0.4, 0.5) is 0 Å². The number of nitrogens with zero attached hydrogens (tertiary/aromatic N) is 2. The van der Waals surface area contributed by atoms with Gasteiger partial charge in [0, 0.05) is 11.6 Å². The number of rotatable bonds is 6. The molecule has 0 aromatic heterocycles. The molecule has 1 aromatic carbocycles. The van der Waals surface area contributed by atoms with Gasteiger partial charge in [0.1, 0.15) is 5.54 Å². The lowest BCUT2D eigenvalue weighted by molar-refractivity contribution is -0.123. The van der Waals surface area contributed by atoms with Gasteiger partial charge in [-0.05, 0) is 50.4 Å². The van der Waals surface area contributed by atoms with E-state index < -0.39 is 5.54 Å². The summed E-state index contributed by atoms with van der Waals surface area (Å²) in [4.78, 5) is 14.0. The highest BCUT2D eigenvalue weighted by Crippen LogP contribution is 2.39. The highest BCUT2D eigenvalue weighted by atomic mass is 35.5. The first-order valence-corrected chi connectivity index (χ1v) is 7.46. The van der Waals surface area contributed by atoms with Crippen molar-refractivity contribution in [3.8, 4) is 6.07 Å². The lowest BCUT2D eigenvalue weighted by Crippen LogP contribution is -2.49. The summed E-state index contributed by atoms with van der Waals surface area (Å²) in [6.45, 7) is 2.71. The molecule has 0 spiro atoms. The summed E-state index contributed by atoms with van der Waals surface area (Å²) in [6, 6.07) is 9.82. The Labute approximate surface area is 130 Å². The molecule has 21 heavy (non-hydrogen) atoms. The Bertz CT molecular complexity index is 565. The summed E-state index contributed by atoms with van der Waals surface area (Å²) in [5.41, 5.74) is 0.330. The Morgan fingerprint density at radius 1 is 1.57 bits per heavy atom. The van der Waals surface area contributed by atoms with Crippen LogP contribution in [-0.4, -0.2) is 29.9 Å². The molecule has 0 radical (unpaired) electrons. The molecule has 1 aromatic rings. The predicted octanol–water partition coefficient (Wildman–Crippen LogP) is 2.58. The standard InChI is InChI=1S/C16H20ClN3O/c1-16(11-18,13-6-7-13)19-15(21)10-20(2)9-12-4-3-5-14(17)8-12/h3-5,8,13H,6-7,9-10H2,1-2H3,(H,19,21)/t16-/m0/s1. The Morgan fingerprint density at radius 3 is 2.86 bits per heavy atom. The van der Waals surface area contributed by atoms with E-state index in [1.807, 2.05) is 36.2 Å². The SMILES string of the molecule is CN(CC(=O)N[C@@](C)(C#N)C1CC1)Cc1cccc(Cl)c1. The number of carbonyl (C=O) groups excluding carboxylic acids is 1. The van der Waals surface area contributed by atoms with Gasteiger partial charge in [0.05, 0.1) is 12.6 Å². The maximum Gasteiger partial charge on any atom is 0.235 e. The molecular weight excluding hydrogens is 286 g/mol. The van der Waals surface area contributed by atoms with Crippen molar-refractivity contribution in [3.05, 3.63) is 34.9 Å². The molecule has 0 unspecified atom stereocenters. The Hall–Kier alpha value is -1.57. The summed E-state index contributed by atoms with van der Waals surface area (Å²) in [7, 11) is 1.88. The normalized spacial score (nSPS) is 17.1. The van der Waals surface area contributed by atoms with Gasteiger partial charge in [-0.15, -0.1) is 0 Å². The minimum Gasteiger partial charge on any atom is -0.337 e. The van der Waals surface area contributed by atoms with Gasteiger partial charge in [0.15, 0.2) is 0 Å². The van der Waals surface area contributed by atoms with Gasteiger partial charge in [-0.3, -0.25) is 9.69 Å². The number of halogens is 1. The van der Waals surface area contributed by atoms with E-state index in [0.717, 1.165) is 18.4 Å². The molecule has 1 amide bonds. The van der Waals surface area contributed by atoms with Crippen LogP contribution >= 0.6 is 11.6 Å². The smallest absolute Gasteiger partial charge is 0.235 e. The lowest BCUT2D eigenvalue weighted by Gasteiger charge is -2.25. The molecule has 0 aliphatic heterocycles. The minimum absolute atomic E-state index is 0.115. The summed E-state index contributed by atoms with van der Waals surface area (Å²) in [5.74, 6) is 0.181. The van der Waals surface area contributed by atoms with Crippen LogP contribution in [0.2, 0.25) is 5.02 Å². The van der Waals surface area contributed by atoms with E-state index in [2.05, 4.69) is 11.4 Å². The summed E-state index contributed by atoms with van der Waals surface area (Å²) < 4.78 is 0. The molecule has 2 rings (SSSR count). The van der Waals surface area contributed by atoms with Crippen LogP contribution < -0.4 is 5.32 Å². The first-order chi connectivity index (χ1) is 9.93. The molecule has 1 aliphatic carbocycles. The maximum atomic E-state index is 12.1. The number of hydrogen-bond acceptors (Lipinski definition) is 3. The first kappa shape index (κ1) is 15.8. The highest BCUT2D eigenvalue weighted by molar-refractivity contribution is 6.30. The topological polar surface area (TPSA) is 56.1 Å². The molecule has 4 nitrogen and oxygen atoms in total. The molecule has 1 N–H and O–H groups in total. The third-order valence-corrected chi connectivity index (χ3v) is 4.02.